The van der Waals surface area contributed by atoms with Gasteiger partial charge in [0.05, 0.1) is 22.8 Å². The molecule has 6 rings (SSSR count). The second kappa shape index (κ2) is 13.0. The van der Waals surface area contributed by atoms with E-state index in [1.807, 2.05) is 30.3 Å². The summed E-state index contributed by atoms with van der Waals surface area (Å²) in [5, 5.41) is 6.37. The third kappa shape index (κ3) is 6.28. The monoisotopic (exact) mass is 620 g/mol. The number of nitrogens with one attached hydrogen (secondary N) is 1. The van der Waals surface area contributed by atoms with E-state index in [4.69, 9.17) is 10.5 Å². The lowest BCUT2D eigenvalue weighted by Crippen LogP contribution is -2.44. The van der Waals surface area contributed by atoms with E-state index in [1.54, 1.807) is 16.3 Å². The van der Waals surface area contributed by atoms with Gasteiger partial charge in [0, 0.05) is 38.4 Å². The van der Waals surface area contributed by atoms with Gasteiger partial charge in [0.15, 0.2) is 5.69 Å². The molecule has 0 spiro atoms. The number of piperidine rings is 1. The normalized spacial score (nSPS) is 20.7. The van der Waals surface area contributed by atoms with Gasteiger partial charge in [-0.05, 0) is 68.1 Å². The summed E-state index contributed by atoms with van der Waals surface area (Å²) < 4.78 is 36.8. The van der Waals surface area contributed by atoms with Crippen molar-refractivity contribution >= 4 is 28.5 Å². The summed E-state index contributed by atoms with van der Waals surface area (Å²) in [5.41, 5.74) is 9.56. The molecule has 10 nitrogen and oxygen atoms in total. The lowest BCUT2D eigenvalue weighted by molar-refractivity contribution is -0.135. The predicted molar refractivity (Wildman–Crippen MR) is 166 cm³/mol. The Hall–Kier alpha value is -4.32. The Morgan fingerprint density at radius 2 is 1.84 bits per heavy atom. The third-order valence-corrected chi connectivity index (χ3v) is 9.16. The van der Waals surface area contributed by atoms with Crippen molar-refractivity contribution in [3.05, 3.63) is 70.4 Å². The first-order chi connectivity index (χ1) is 21.7. The number of fused-ring (bicyclic) bond motifs is 1. The SMILES string of the molecule is Cn1c(=O)n(C2CCC(=O)NC2=O)c2cccc(-c3cccc(CCCOCC4CCC(n5cc(N)c(C(F)F)n5)CC4)c3)c21. The first-order valence-electron chi connectivity index (χ1n) is 15.5. The molecule has 2 amide bonds. The van der Waals surface area contributed by atoms with Gasteiger partial charge in [-0.2, -0.15) is 5.10 Å². The van der Waals surface area contributed by atoms with Crippen LogP contribution in [0.25, 0.3) is 22.2 Å². The van der Waals surface area contributed by atoms with Gasteiger partial charge in [-0.3, -0.25) is 28.7 Å². The van der Waals surface area contributed by atoms with Crippen LogP contribution in [0.3, 0.4) is 0 Å². The molecule has 2 fully saturated rings. The Labute approximate surface area is 259 Å². The van der Waals surface area contributed by atoms with Crippen molar-refractivity contribution in [1.82, 2.24) is 24.2 Å². The molecular weight excluding hydrogens is 582 g/mol. The number of ether oxygens (including phenoxy) is 1. The van der Waals surface area contributed by atoms with Crippen molar-refractivity contribution in [2.24, 2.45) is 13.0 Å². The zero-order valence-corrected chi connectivity index (χ0v) is 25.3. The van der Waals surface area contributed by atoms with E-state index < -0.39 is 18.4 Å². The van der Waals surface area contributed by atoms with E-state index in [-0.39, 0.29) is 41.9 Å². The number of anilines is 1. The number of carbonyl (C=O) groups is 2. The quantitative estimate of drug-likeness (QED) is 0.188. The minimum atomic E-state index is -2.66. The van der Waals surface area contributed by atoms with Crippen molar-refractivity contribution in [1.29, 1.82) is 0 Å². The second-order valence-corrected chi connectivity index (χ2v) is 12.2. The van der Waals surface area contributed by atoms with Gasteiger partial charge < -0.3 is 10.5 Å². The van der Waals surface area contributed by atoms with E-state index in [0.717, 1.165) is 60.7 Å². The number of carbonyl (C=O) groups excluding carboxylic acids is 2. The summed E-state index contributed by atoms with van der Waals surface area (Å²) in [6.45, 7) is 1.31. The Balaban J connectivity index is 1.04. The molecule has 2 aromatic heterocycles. The lowest BCUT2D eigenvalue weighted by atomic mass is 9.86. The molecular formula is C33H38F2N6O4. The zero-order chi connectivity index (χ0) is 31.7. The van der Waals surface area contributed by atoms with Crippen LogP contribution in [0.4, 0.5) is 14.5 Å². The van der Waals surface area contributed by atoms with E-state index in [1.165, 1.54) is 10.8 Å². The second-order valence-electron chi connectivity index (χ2n) is 12.2. The summed E-state index contributed by atoms with van der Waals surface area (Å²) in [6, 6.07) is 13.3. The molecule has 238 valence electrons. The smallest absolute Gasteiger partial charge is 0.329 e. The first-order valence-corrected chi connectivity index (χ1v) is 15.5. The summed E-state index contributed by atoms with van der Waals surface area (Å²) in [6.07, 6.45) is 4.67. The van der Waals surface area contributed by atoms with Gasteiger partial charge in [0.2, 0.25) is 11.8 Å². The molecule has 1 saturated carbocycles. The van der Waals surface area contributed by atoms with Crippen molar-refractivity contribution in [3.8, 4) is 11.1 Å². The summed E-state index contributed by atoms with van der Waals surface area (Å²) in [7, 11) is 1.71. The van der Waals surface area contributed by atoms with Crippen LogP contribution < -0.4 is 16.7 Å². The maximum Gasteiger partial charge on any atom is 0.329 e. The fourth-order valence-corrected chi connectivity index (χ4v) is 6.78. The van der Waals surface area contributed by atoms with Crippen LogP contribution in [0.2, 0.25) is 0 Å². The van der Waals surface area contributed by atoms with E-state index in [2.05, 4.69) is 22.5 Å². The lowest BCUT2D eigenvalue weighted by Gasteiger charge is -2.28. The largest absolute Gasteiger partial charge is 0.396 e. The minimum absolute atomic E-state index is 0.0486. The number of nitrogens with two attached hydrogens (primary N) is 1. The molecule has 0 bridgehead atoms. The number of alkyl halides is 2. The number of nitrogen functional groups attached to an aromatic ring is 1. The van der Waals surface area contributed by atoms with Crippen LogP contribution in [-0.4, -0.2) is 43.9 Å². The van der Waals surface area contributed by atoms with Gasteiger partial charge in [0.25, 0.3) is 6.43 Å². The van der Waals surface area contributed by atoms with Gasteiger partial charge in [0.1, 0.15) is 6.04 Å². The molecule has 3 heterocycles. The van der Waals surface area contributed by atoms with Gasteiger partial charge in [-0.25, -0.2) is 13.6 Å². The fourth-order valence-electron chi connectivity index (χ4n) is 6.78. The first kappa shape index (κ1) is 30.7. The molecule has 1 aliphatic heterocycles. The van der Waals surface area contributed by atoms with E-state index >= 15 is 0 Å². The number of hydrogen-bond donors (Lipinski definition) is 2. The zero-order valence-electron chi connectivity index (χ0n) is 25.3. The predicted octanol–water partition coefficient (Wildman–Crippen LogP) is 5.08. The summed E-state index contributed by atoms with van der Waals surface area (Å²) in [4.78, 5) is 37.6. The summed E-state index contributed by atoms with van der Waals surface area (Å²) in [5.74, 6) is -0.331. The average Bonchev–Trinajstić information content (AvgIpc) is 3.54. The van der Waals surface area contributed by atoms with Crippen molar-refractivity contribution < 1.29 is 23.1 Å². The summed E-state index contributed by atoms with van der Waals surface area (Å²) >= 11 is 0. The van der Waals surface area contributed by atoms with Crippen LogP contribution in [0.1, 0.15) is 74.7 Å². The number of hydrogen-bond acceptors (Lipinski definition) is 6. The van der Waals surface area contributed by atoms with Gasteiger partial charge in [-0.15, -0.1) is 0 Å². The molecule has 1 saturated heterocycles. The molecule has 2 aliphatic rings. The molecule has 2 aromatic carbocycles. The number of rotatable bonds is 10. The topological polar surface area (TPSA) is 126 Å². The molecule has 4 aromatic rings. The highest BCUT2D eigenvalue weighted by Crippen LogP contribution is 2.35. The number of nitrogens with zero attached hydrogens (tertiary/aromatic N) is 4. The number of benzene rings is 2. The minimum Gasteiger partial charge on any atom is -0.396 e. The number of aromatic nitrogens is 4. The van der Waals surface area contributed by atoms with Crippen molar-refractivity contribution in [3.63, 3.8) is 0 Å². The maximum atomic E-state index is 13.3. The molecule has 12 heteroatoms. The molecule has 45 heavy (non-hydrogen) atoms. The van der Waals surface area contributed by atoms with Crippen LogP contribution in [-0.2, 0) is 27.8 Å². The van der Waals surface area contributed by atoms with E-state index in [0.29, 0.717) is 24.6 Å². The standard InChI is InChI=1S/C33H38F2N6O4/c1-39-30-24(8-3-9-26(30)41(33(39)44)27-14-15-28(42)37-32(27)43)22-7-2-5-20(17-22)6-4-16-45-19-21-10-12-23(13-11-21)40-18-25(36)29(38-40)31(34)35/h2-3,5,7-9,17-18,21,23,27,31H,4,6,10-16,19,36H2,1H3,(H,37,42,43). The Morgan fingerprint density at radius 1 is 1.07 bits per heavy atom. The third-order valence-electron chi connectivity index (χ3n) is 9.16. The molecule has 3 N–H and O–H groups in total. The highest BCUT2D eigenvalue weighted by atomic mass is 19.3. The van der Waals surface area contributed by atoms with E-state index in [9.17, 15) is 23.2 Å². The number of aryl methyl sites for hydroxylation is 2. The molecule has 1 aliphatic carbocycles. The number of para-hydroxylation sites is 1. The van der Waals surface area contributed by atoms with Crippen molar-refractivity contribution in [2.75, 3.05) is 18.9 Å². The van der Waals surface area contributed by atoms with Crippen LogP contribution >= 0.6 is 0 Å². The van der Waals surface area contributed by atoms with Crippen LogP contribution in [0.15, 0.2) is 53.5 Å². The maximum absolute atomic E-state index is 13.3. The Bertz CT molecular complexity index is 1770. The number of amides is 2. The molecule has 1 unspecified atom stereocenters. The highest BCUT2D eigenvalue weighted by molar-refractivity contribution is 6.00. The highest BCUT2D eigenvalue weighted by Gasteiger charge is 2.32. The number of imide groups is 1. The Morgan fingerprint density at radius 3 is 2.58 bits per heavy atom. The van der Waals surface area contributed by atoms with Crippen molar-refractivity contribution in [2.45, 2.75) is 69.9 Å². The van der Waals surface area contributed by atoms with Crippen LogP contribution in [0.5, 0.6) is 0 Å². The molecule has 0 radical (unpaired) electrons. The number of imidazole rings is 1. The fraction of sp³-hybridized carbons (Fsp3) is 0.455. The molecule has 1 atom stereocenters. The average molecular weight is 621 g/mol. The van der Waals surface area contributed by atoms with Gasteiger partial charge >= 0.3 is 5.69 Å². The van der Waals surface area contributed by atoms with Gasteiger partial charge in [-0.1, -0.05) is 36.4 Å². The Kier molecular flexibility index (Phi) is 8.84. The number of halogens is 2. The van der Waals surface area contributed by atoms with Crippen LogP contribution in [0, 0.1) is 5.92 Å².